The summed E-state index contributed by atoms with van der Waals surface area (Å²) in [6.45, 7) is 3.36. The van der Waals surface area contributed by atoms with Crippen LogP contribution in [0.3, 0.4) is 0 Å². The molecule has 0 atom stereocenters. The van der Waals surface area contributed by atoms with Crippen LogP contribution in [0.5, 0.6) is 11.8 Å². The molecule has 1 aliphatic rings. The van der Waals surface area contributed by atoms with Gasteiger partial charge in [-0.3, -0.25) is 4.79 Å². The van der Waals surface area contributed by atoms with Crippen molar-refractivity contribution in [2.24, 2.45) is 0 Å². The number of piperidine rings is 1. The number of amides is 1. The number of ether oxygens (including phenoxy) is 2. The Morgan fingerprint density at radius 1 is 1.20 bits per heavy atom. The summed E-state index contributed by atoms with van der Waals surface area (Å²) in [5, 5.41) is 0. The maximum absolute atomic E-state index is 12.7. The Hall–Kier alpha value is -2.63. The second kappa shape index (κ2) is 7.96. The number of hydrogen-bond donors (Lipinski definition) is 0. The van der Waals surface area contributed by atoms with Gasteiger partial charge in [0.05, 0.1) is 12.7 Å². The first kappa shape index (κ1) is 17.2. The average molecular weight is 341 g/mol. The summed E-state index contributed by atoms with van der Waals surface area (Å²) in [5.41, 5.74) is 1.69. The third-order valence-corrected chi connectivity index (χ3v) is 4.43. The maximum Gasteiger partial charge on any atom is 0.316 e. The van der Waals surface area contributed by atoms with E-state index in [1.54, 1.807) is 31.6 Å². The molecule has 0 saturated carbocycles. The van der Waals surface area contributed by atoms with Gasteiger partial charge in [0.2, 0.25) is 0 Å². The fourth-order valence-corrected chi connectivity index (χ4v) is 2.90. The number of benzene rings is 1. The zero-order valence-corrected chi connectivity index (χ0v) is 14.6. The SMILES string of the molecule is CCc1cnc(OC2CCN(C(=O)c3ccccc3OC)CC2)nc1. The minimum atomic E-state index is -0.000510. The molecule has 2 heterocycles. The largest absolute Gasteiger partial charge is 0.496 e. The molecule has 1 aromatic carbocycles. The minimum Gasteiger partial charge on any atom is -0.496 e. The Bertz CT molecular complexity index is 710. The Balaban J connectivity index is 1.56. The number of hydrogen-bond acceptors (Lipinski definition) is 5. The van der Waals surface area contributed by atoms with Crippen molar-refractivity contribution in [3.63, 3.8) is 0 Å². The van der Waals surface area contributed by atoms with Crippen LogP contribution in [0.4, 0.5) is 0 Å². The van der Waals surface area contributed by atoms with Crippen molar-refractivity contribution >= 4 is 5.91 Å². The van der Waals surface area contributed by atoms with Crippen LogP contribution in [0.1, 0.15) is 35.7 Å². The highest BCUT2D eigenvalue weighted by Crippen LogP contribution is 2.22. The number of likely N-dealkylation sites (tertiary alicyclic amines) is 1. The molecule has 25 heavy (non-hydrogen) atoms. The van der Waals surface area contributed by atoms with Crippen molar-refractivity contribution in [1.29, 1.82) is 0 Å². The van der Waals surface area contributed by atoms with Crippen LogP contribution in [-0.4, -0.2) is 47.1 Å². The van der Waals surface area contributed by atoms with Crippen LogP contribution >= 0.6 is 0 Å². The van der Waals surface area contributed by atoms with Crippen LogP contribution < -0.4 is 9.47 Å². The Kier molecular flexibility index (Phi) is 5.48. The third kappa shape index (κ3) is 4.07. The van der Waals surface area contributed by atoms with Crippen LogP contribution in [-0.2, 0) is 6.42 Å². The van der Waals surface area contributed by atoms with Gasteiger partial charge < -0.3 is 14.4 Å². The molecule has 6 heteroatoms. The second-order valence-electron chi connectivity index (χ2n) is 6.04. The Morgan fingerprint density at radius 3 is 2.52 bits per heavy atom. The van der Waals surface area contributed by atoms with E-state index < -0.39 is 0 Å². The first-order chi connectivity index (χ1) is 12.2. The van der Waals surface area contributed by atoms with E-state index in [1.807, 2.05) is 17.0 Å². The lowest BCUT2D eigenvalue weighted by Gasteiger charge is -2.32. The molecule has 2 aromatic rings. The lowest BCUT2D eigenvalue weighted by molar-refractivity contribution is 0.0576. The van der Waals surface area contributed by atoms with E-state index in [0.29, 0.717) is 30.4 Å². The maximum atomic E-state index is 12.7. The van der Waals surface area contributed by atoms with Gasteiger partial charge in [0.15, 0.2) is 0 Å². The number of aryl methyl sites for hydroxylation is 1. The van der Waals surface area contributed by atoms with E-state index in [9.17, 15) is 4.79 Å². The molecule has 3 rings (SSSR count). The molecule has 1 fully saturated rings. The van der Waals surface area contributed by atoms with Gasteiger partial charge in [0.1, 0.15) is 11.9 Å². The summed E-state index contributed by atoms with van der Waals surface area (Å²) in [6, 6.07) is 7.72. The van der Waals surface area contributed by atoms with Gasteiger partial charge in [-0.05, 0) is 24.1 Å². The number of para-hydroxylation sites is 1. The van der Waals surface area contributed by atoms with Gasteiger partial charge in [-0.25, -0.2) is 9.97 Å². The Labute approximate surface area is 147 Å². The number of methoxy groups -OCH3 is 1. The van der Waals surface area contributed by atoms with Crippen molar-refractivity contribution < 1.29 is 14.3 Å². The highest BCUT2D eigenvalue weighted by Gasteiger charge is 2.26. The van der Waals surface area contributed by atoms with Crippen molar-refractivity contribution in [1.82, 2.24) is 14.9 Å². The molecule has 1 aromatic heterocycles. The molecule has 1 aliphatic heterocycles. The summed E-state index contributed by atoms with van der Waals surface area (Å²) < 4.78 is 11.1. The average Bonchev–Trinajstić information content (AvgIpc) is 2.68. The van der Waals surface area contributed by atoms with Crippen molar-refractivity contribution in [2.75, 3.05) is 20.2 Å². The van der Waals surface area contributed by atoms with Gasteiger partial charge in [-0.2, -0.15) is 0 Å². The zero-order valence-electron chi connectivity index (χ0n) is 14.6. The molecule has 0 N–H and O–H groups in total. The minimum absolute atomic E-state index is 0.000510. The van der Waals surface area contributed by atoms with Gasteiger partial charge in [0.25, 0.3) is 5.91 Å². The van der Waals surface area contributed by atoms with Gasteiger partial charge >= 0.3 is 6.01 Å². The summed E-state index contributed by atoms with van der Waals surface area (Å²) in [6.07, 6.45) is 6.06. The fourth-order valence-electron chi connectivity index (χ4n) is 2.90. The van der Waals surface area contributed by atoms with E-state index in [1.165, 1.54) is 0 Å². The number of aromatic nitrogens is 2. The van der Waals surface area contributed by atoms with E-state index in [0.717, 1.165) is 24.8 Å². The van der Waals surface area contributed by atoms with Gasteiger partial charge in [0, 0.05) is 38.3 Å². The highest BCUT2D eigenvalue weighted by atomic mass is 16.5. The second-order valence-corrected chi connectivity index (χ2v) is 6.04. The molecule has 1 amide bonds. The quantitative estimate of drug-likeness (QED) is 0.837. The lowest BCUT2D eigenvalue weighted by atomic mass is 10.1. The van der Waals surface area contributed by atoms with Crippen LogP contribution in [0.15, 0.2) is 36.7 Å². The van der Waals surface area contributed by atoms with E-state index in [2.05, 4.69) is 16.9 Å². The monoisotopic (exact) mass is 341 g/mol. The van der Waals surface area contributed by atoms with Crippen molar-refractivity contribution in [3.05, 3.63) is 47.8 Å². The summed E-state index contributed by atoms with van der Waals surface area (Å²) >= 11 is 0. The van der Waals surface area contributed by atoms with E-state index >= 15 is 0 Å². The van der Waals surface area contributed by atoms with E-state index in [-0.39, 0.29) is 12.0 Å². The predicted octanol–water partition coefficient (Wildman–Crippen LogP) is 2.73. The van der Waals surface area contributed by atoms with Crippen molar-refractivity contribution in [3.8, 4) is 11.8 Å². The molecular formula is C19H23N3O3. The van der Waals surface area contributed by atoms with Crippen LogP contribution in [0.2, 0.25) is 0 Å². The molecule has 1 saturated heterocycles. The summed E-state index contributed by atoms with van der Waals surface area (Å²) in [5.74, 6) is 0.606. The predicted molar refractivity (Wildman–Crippen MR) is 94.0 cm³/mol. The standard InChI is InChI=1S/C19H23N3O3/c1-3-14-12-20-19(21-13-14)25-15-8-10-22(11-9-15)18(23)16-6-4-5-7-17(16)24-2/h4-7,12-13,15H,3,8-11H2,1-2H3. The molecule has 0 bridgehead atoms. The number of nitrogens with zero attached hydrogens (tertiary/aromatic N) is 3. The molecule has 132 valence electrons. The summed E-state index contributed by atoms with van der Waals surface area (Å²) in [7, 11) is 1.58. The van der Waals surface area contributed by atoms with Gasteiger partial charge in [-0.1, -0.05) is 19.1 Å². The van der Waals surface area contributed by atoms with Crippen molar-refractivity contribution in [2.45, 2.75) is 32.3 Å². The van der Waals surface area contributed by atoms with Crippen LogP contribution in [0.25, 0.3) is 0 Å². The first-order valence-corrected chi connectivity index (χ1v) is 8.61. The Morgan fingerprint density at radius 2 is 1.88 bits per heavy atom. The normalized spacial score (nSPS) is 15.0. The topological polar surface area (TPSA) is 64.5 Å². The molecule has 0 radical (unpaired) electrons. The molecule has 0 aliphatic carbocycles. The van der Waals surface area contributed by atoms with Crippen LogP contribution in [0, 0.1) is 0 Å². The number of carbonyl (C=O) groups is 1. The smallest absolute Gasteiger partial charge is 0.316 e. The van der Waals surface area contributed by atoms with Gasteiger partial charge in [-0.15, -0.1) is 0 Å². The third-order valence-electron chi connectivity index (χ3n) is 4.43. The lowest BCUT2D eigenvalue weighted by Crippen LogP contribution is -2.42. The molecule has 0 spiro atoms. The highest BCUT2D eigenvalue weighted by molar-refractivity contribution is 5.97. The summed E-state index contributed by atoms with van der Waals surface area (Å²) in [4.78, 5) is 23.0. The molecular weight excluding hydrogens is 318 g/mol. The molecule has 0 unspecified atom stereocenters. The number of carbonyl (C=O) groups excluding carboxylic acids is 1. The zero-order chi connectivity index (χ0) is 17.6. The number of rotatable bonds is 5. The fraction of sp³-hybridized carbons (Fsp3) is 0.421. The van der Waals surface area contributed by atoms with E-state index in [4.69, 9.17) is 9.47 Å². The first-order valence-electron chi connectivity index (χ1n) is 8.61. The molecule has 6 nitrogen and oxygen atoms in total.